The van der Waals surface area contributed by atoms with Crippen molar-refractivity contribution in [2.75, 3.05) is 13.2 Å². The van der Waals surface area contributed by atoms with E-state index in [-0.39, 0.29) is 12.5 Å². The van der Waals surface area contributed by atoms with Crippen LogP contribution in [0.4, 0.5) is 0 Å². The summed E-state index contributed by atoms with van der Waals surface area (Å²) in [6.45, 7) is 3.09. The molecular formula is C17H25NO. The molecule has 1 unspecified atom stereocenters. The molecule has 0 saturated heterocycles. The second-order valence-electron chi connectivity index (χ2n) is 5.73. The van der Waals surface area contributed by atoms with Crippen molar-refractivity contribution in [1.29, 1.82) is 0 Å². The third-order valence-electron chi connectivity index (χ3n) is 4.23. The highest BCUT2D eigenvalue weighted by Gasteiger charge is 2.14. The lowest BCUT2D eigenvalue weighted by Gasteiger charge is -2.22. The summed E-state index contributed by atoms with van der Waals surface area (Å²) in [4.78, 5) is 0. The molecule has 2 heteroatoms. The number of benzene rings is 1. The number of aliphatic hydroxyl groups is 1. The molecule has 1 fully saturated rings. The number of allylic oxidation sites excluding steroid dienone is 1. The first-order valence-electron chi connectivity index (χ1n) is 7.33. The second kappa shape index (κ2) is 6.88. The van der Waals surface area contributed by atoms with E-state index in [4.69, 9.17) is 10.8 Å². The zero-order valence-corrected chi connectivity index (χ0v) is 11.8. The van der Waals surface area contributed by atoms with Gasteiger partial charge in [0.25, 0.3) is 0 Å². The fourth-order valence-electron chi connectivity index (χ4n) is 2.69. The first-order valence-corrected chi connectivity index (χ1v) is 7.33. The molecule has 3 N–H and O–H groups in total. The highest BCUT2D eigenvalue weighted by Crippen LogP contribution is 2.29. The van der Waals surface area contributed by atoms with E-state index in [1.54, 1.807) is 5.57 Å². The molecule has 0 amide bonds. The van der Waals surface area contributed by atoms with E-state index >= 15 is 0 Å². The number of rotatable bonds is 4. The van der Waals surface area contributed by atoms with E-state index in [2.05, 4.69) is 30.3 Å². The third-order valence-corrected chi connectivity index (χ3v) is 4.23. The van der Waals surface area contributed by atoms with Crippen molar-refractivity contribution < 1.29 is 5.11 Å². The summed E-state index contributed by atoms with van der Waals surface area (Å²) in [6, 6.07) is 8.56. The quantitative estimate of drug-likeness (QED) is 0.871. The molecule has 0 aliphatic heterocycles. The molecule has 1 atom stereocenters. The maximum Gasteiger partial charge on any atom is 0.0497 e. The first kappa shape index (κ1) is 14.3. The fraction of sp³-hybridized carbons (Fsp3) is 0.529. The fourth-order valence-corrected chi connectivity index (χ4v) is 2.69. The van der Waals surface area contributed by atoms with Gasteiger partial charge in [-0.3, -0.25) is 0 Å². The van der Waals surface area contributed by atoms with Gasteiger partial charge in [0, 0.05) is 12.5 Å². The minimum Gasteiger partial charge on any atom is -0.396 e. The van der Waals surface area contributed by atoms with Gasteiger partial charge in [0.2, 0.25) is 0 Å². The lowest BCUT2D eigenvalue weighted by molar-refractivity contribution is 0.273. The van der Waals surface area contributed by atoms with Crippen LogP contribution in [0.1, 0.15) is 49.7 Å². The van der Waals surface area contributed by atoms with Crippen LogP contribution in [0.2, 0.25) is 0 Å². The molecule has 0 radical (unpaired) electrons. The van der Waals surface area contributed by atoms with Crippen molar-refractivity contribution >= 4 is 6.08 Å². The van der Waals surface area contributed by atoms with Gasteiger partial charge in [-0.15, -0.1) is 0 Å². The average molecular weight is 259 g/mol. The normalized spacial score (nSPS) is 21.2. The summed E-state index contributed by atoms with van der Waals surface area (Å²) in [7, 11) is 0. The maximum atomic E-state index is 9.14. The van der Waals surface area contributed by atoms with Gasteiger partial charge in [0.15, 0.2) is 0 Å². The molecule has 104 valence electrons. The Morgan fingerprint density at radius 1 is 1.26 bits per heavy atom. The van der Waals surface area contributed by atoms with Crippen LogP contribution in [0, 0.1) is 5.92 Å². The zero-order valence-electron chi connectivity index (χ0n) is 11.8. The van der Waals surface area contributed by atoms with Crippen LogP contribution in [0.15, 0.2) is 29.8 Å². The van der Waals surface area contributed by atoms with Gasteiger partial charge >= 0.3 is 0 Å². The summed E-state index contributed by atoms with van der Waals surface area (Å²) < 4.78 is 0. The monoisotopic (exact) mass is 259 g/mol. The van der Waals surface area contributed by atoms with Gasteiger partial charge in [0.05, 0.1) is 0 Å². The highest BCUT2D eigenvalue weighted by molar-refractivity contribution is 5.53. The Morgan fingerprint density at radius 2 is 1.89 bits per heavy atom. The molecule has 1 aliphatic carbocycles. The lowest BCUT2D eigenvalue weighted by Crippen LogP contribution is -2.17. The van der Waals surface area contributed by atoms with Crippen molar-refractivity contribution in [2.24, 2.45) is 11.7 Å². The number of hydrogen-bond acceptors (Lipinski definition) is 2. The Hall–Kier alpha value is -1.12. The Bertz CT molecular complexity index is 411. The zero-order chi connectivity index (χ0) is 13.7. The molecule has 19 heavy (non-hydrogen) atoms. The standard InChI is InChI=1S/C17H25NO/c1-13(12-19)17-8-6-15(7-9-17)10-14-2-4-16(11-18)5-3-14/h6-10,13,16,19H,2-5,11-12,18H2,1H3. The predicted molar refractivity (Wildman–Crippen MR) is 80.9 cm³/mol. The van der Waals surface area contributed by atoms with Crippen LogP contribution in [-0.2, 0) is 0 Å². The van der Waals surface area contributed by atoms with Crippen molar-refractivity contribution in [3.63, 3.8) is 0 Å². The minimum atomic E-state index is 0.209. The first-order chi connectivity index (χ1) is 9.22. The molecule has 1 aliphatic rings. The van der Waals surface area contributed by atoms with E-state index in [1.165, 1.54) is 36.8 Å². The summed E-state index contributed by atoms with van der Waals surface area (Å²) >= 11 is 0. The van der Waals surface area contributed by atoms with Gasteiger partial charge in [-0.2, -0.15) is 0 Å². The molecule has 1 saturated carbocycles. The van der Waals surface area contributed by atoms with E-state index in [9.17, 15) is 0 Å². The minimum absolute atomic E-state index is 0.209. The van der Waals surface area contributed by atoms with Crippen molar-refractivity contribution in [3.8, 4) is 0 Å². The van der Waals surface area contributed by atoms with Crippen molar-refractivity contribution in [3.05, 3.63) is 41.0 Å². The van der Waals surface area contributed by atoms with E-state index in [0.29, 0.717) is 0 Å². The average Bonchev–Trinajstić information content (AvgIpc) is 2.48. The highest BCUT2D eigenvalue weighted by atomic mass is 16.3. The van der Waals surface area contributed by atoms with Gasteiger partial charge < -0.3 is 10.8 Å². The molecule has 2 rings (SSSR count). The Balaban J connectivity index is 1.99. The van der Waals surface area contributed by atoms with Crippen molar-refractivity contribution in [1.82, 2.24) is 0 Å². The van der Waals surface area contributed by atoms with Crippen LogP contribution < -0.4 is 5.73 Å². The van der Waals surface area contributed by atoms with Gasteiger partial charge in [-0.1, -0.05) is 42.8 Å². The van der Waals surface area contributed by atoms with Crippen LogP contribution in [0.25, 0.3) is 6.08 Å². The van der Waals surface area contributed by atoms with Gasteiger partial charge in [-0.25, -0.2) is 0 Å². The number of aliphatic hydroxyl groups excluding tert-OH is 1. The Morgan fingerprint density at radius 3 is 2.42 bits per heavy atom. The predicted octanol–water partition coefficient (Wildman–Crippen LogP) is 3.31. The summed E-state index contributed by atoms with van der Waals surface area (Å²) in [5.41, 5.74) is 9.75. The molecule has 1 aromatic rings. The summed E-state index contributed by atoms with van der Waals surface area (Å²) in [5, 5.41) is 9.14. The van der Waals surface area contributed by atoms with Crippen molar-refractivity contribution in [2.45, 2.75) is 38.5 Å². The van der Waals surface area contributed by atoms with E-state index in [1.807, 2.05) is 6.92 Å². The molecule has 1 aromatic carbocycles. The third kappa shape index (κ3) is 3.92. The molecule has 0 heterocycles. The van der Waals surface area contributed by atoms with Crippen LogP contribution >= 0.6 is 0 Å². The second-order valence-corrected chi connectivity index (χ2v) is 5.73. The topological polar surface area (TPSA) is 46.2 Å². The van der Waals surface area contributed by atoms with Crippen LogP contribution in [-0.4, -0.2) is 18.3 Å². The van der Waals surface area contributed by atoms with Crippen LogP contribution in [0.5, 0.6) is 0 Å². The molecule has 2 nitrogen and oxygen atoms in total. The summed E-state index contributed by atoms with van der Waals surface area (Å²) in [6.07, 6.45) is 7.18. The van der Waals surface area contributed by atoms with Gasteiger partial charge in [0.1, 0.15) is 0 Å². The number of hydrogen-bond donors (Lipinski definition) is 2. The maximum absolute atomic E-state index is 9.14. The molecule has 0 bridgehead atoms. The Labute approximate surface area is 116 Å². The number of nitrogens with two attached hydrogens (primary N) is 1. The summed E-state index contributed by atoms with van der Waals surface area (Å²) in [5.74, 6) is 0.951. The molecular weight excluding hydrogens is 234 g/mol. The van der Waals surface area contributed by atoms with Crippen LogP contribution in [0.3, 0.4) is 0 Å². The molecule has 0 spiro atoms. The SMILES string of the molecule is CC(CO)c1ccc(C=C2CCC(CN)CC2)cc1. The van der Waals surface area contributed by atoms with E-state index < -0.39 is 0 Å². The van der Waals surface area contributed by atoms with Gasteiger partial charge in [-0.05, 0) is 49.3 Å². The Kier molecular flexibility index (Phi) is 5.17. The smallest absolute Gasteiger partial charge is 0.0497 e. The largest absolute Gasteiger partial charge is 0.396 e. The molecule has 0 aromatic heterocycles. The van der Waals surface area contributed by atoms with E-state index in [0.717, 1.165) is 12.5 Å². The lowest BCUT2D eigenvalue weighted by atomic mass is 9.85.